The molecule has 1 N–H and O–H groups in total. The maximum atomic E-state index is 11.4. The van der Waals surface area contributed by atoms with E-state index < -0.39 is 5.97 Å². The molecule has 4 nitrogen and oxygen atoms in total. The van der Waals surface area contributed by atoms with Crippen molar-refractivity contribution in [3.05, 3.63) is 102 Å². The van der Waals surface area contributed by atoms with Crippen LogP contribution in [-0.4, -0.2) is 30.9 Å². The summed E-state index contributed by atoms with van der Waals surface area (Å²) in [5.41, 5.74) is 8.23. The van der Waals surface area contributed by atoms with Gasteiger partial charge < -0.3 is 14.6 Å². The number of carbonyl (C=O) groups excluding carboxylic acids is 1. The van der Waals surface area contributed by atoms with E-state index in [1.807, 2.05) is 0 Å². The molecule has 0 atom stereocenters. The first-order chi connectivity index (χ1) is 19.0. The highest BCUT2D eigenvalue weighted by Crippen LogP contribution is 2.34. The summed E-state index contributed by atoms with van der Waals surface area (Å²) in [4.78, 5) is 11.4. The van der Waals surface area contributed by atoms with E-state index in [1.54, 1.807) is 0 Å². The quantitative estimate of drug-likeness (QED) is 0.110. The van der Waals surface area contributed by atoms with Crippen LogP contribution in [0.3, 0.4) is 0 Å². The third kappa shape index (κ3) is 7.36. The first kappa shape index (κ1) is 28.1. The predicted molar refractivity (Wildman–Crippen MR) is 160 cm³/mol. The molecule has 4 heteroatoms. The fourth-order valence-corrected chi connectivity index (χ4v) is 4.91. The van der Waals surface area contributed by atoms with Gasteiger partial charge >= 0.3 is 5.97 Å². The van der Waals surface area contributed by atoms with E-state index in [1.165, 1.54) is 35.1 Å². The molecular formula is C35H38O4. The van der Waals surface area contributed by atoms with Crippen LogP contribution in [-0.2, 0) is 22.4 Å². The average Bonchev–Trinajstić information content (AvgIpc) is 2.95. The molecule has 0 unspecified atom stereocenters. The number of hydrogen-bond acceptors (Lipinski definition) is 4. The number of esters is 1. The summed E-state index contributed by atoms with van der Waals surface area (Å²) < 4.78 is 11.3. The summed E-state index contributed by atoms with van der Waals surface area (Å²) in [5.74, 6) is 0.366. The molecule has 4 aromatic carbocycles. The fourth-order valence-electron chi connectivity index (χ4n) is 4.91. The van der Waals surface area contributed by atoms with Gasteiger partial charge in [-0.05, 0) is 82.6 Å². The van der Waals surface area contributed by atoms with Crippen molar-refractivity contribution < 1.29 is 19.4 Å². The maximum absolute atomic E-state index is 11.4. The molecule has 202 valence electrons. The molecule has 0 aliphatic carbocycles. The molecular weight excluding hydrogens is 484 g/mol. The molecule has 0 bridgehead atoms. The van der Waals surface area contributed by atoms with E-state index in [0.29, 0.717) is 6.42 Å². The summed E-state index contributed by atoms with van der Waals surface area (Å²) in [6, 6.07) is 25.9. The Bertz CT molecular complexity index is 1420. The zero-order chi connectivity index (χ0) is 27.6. The standard InChI is InChI=1S/C35H38O4/c1-4-6-7-8-27-22-31-14-13-30(24-33(31)34(23-27)38-19-20-39-35(37)5-2)29-15-16-32(25(3)21-29)28-11-9-26(10-12-28)17-18-36/h5,9-16,21-24,36H,2,4,6-8,17-20H2,1,3H3. The number of benzene rings is 4. The molecule has 0 aliphatic rings. The van der Waals surface area contributed by atoms with E-state index in [0.717, 1.165) is 52.1 Å². The Morgan fingerprint density at radius 2 is 1.59 bits per heavy atom. The van der Waals surface area contributed by atoms with Gasteiger partial charge in [0.05, 0.1) is 0 Å². The number of aliphatic hydroxyl groups is 1. The minimum absolute atomic E-state index is 0.161. The molecule has 4 aromatic rings. The van der Waals surface area contributed by atoms with Gasteiger partial charge in [0.15, 0.2) is 0 Å². The van der Waals surface area contributed by atoms with Gasteiger partial charge in [-0.15, -0.1) is 0 Å². The SMILES string of the molecule is C=CC(=O)OCCOc1cc(CCCCC)cc2ccc(-c3ccc(-c4ccc(CCO)cc4)c(C)c3)cc12. The van der Waals surface area contributed by atoms with Crippen LogP contribution in [0.5, 0.6) is 5.75 Å². The Labute approximate surface area is 231 Å². The van der Waals surface area contributed by atoms with Gasteiger partial charge in [0, 0.05) is 18.1 Å². The number of carbonyl (C=O) groups is 1. The van der Waals surface area contributed by atoms with Gasteiger partial charge in [0.1, 0.15) is 19.0 Å². The van der Waals surface area contributed by atoms with Crippen LogP contribution < -0.4 is 4.74 Å². The van der Waals surface area contributed by atoms with Crippen molar-refractivity contribution in [3.63, 3.8) is 0 Å². The molecule has 0 aliphatic heterocycles. The van der Waals surface area contributed by atoms with Crippen LogP contribution in [0.4, 0.5) is 0 Å². The number of rotatable bonds is 13. The highest BCUT2D eigenvalue weighted by molar-refractivity contribution is 5.93. The van der Waals surface area contributed by atoms with Crippen LogP contribution in [0.2, 0.25) is 0 Å². The number of ether oxygens (including phenoxy) is 2. The third-order valence-corrected chi connectivity index (χ3v) is 7.02. The lowest BCUT2D eigenvalue weighted by Crippen LogP contribution is -2.10. The number of fused-ring (bicyclic) bond motifs is 1. The molecule has 0 fully saturated rings. The lowest BCUT2D eigenvalue weighted by molar-refractivity contribution is -0.138. The third-order valence-electron chi connectivity index (χ3n) is 7.02. The number of hydrogen-bond donors (Lipinski definition) is 1. The lowest BCUT2D eigenvalue weighted by atomic mass is 9.93. The molecule has 0 radical (unpaired) electrons. The Kier molecular flexibility index (Phi) is 9.93. The second-order valence-corrected chi connectivity index (χ2v) is 9.91. The van der Waals surface area contributed by atoms with Gasteiger partial charge in [0.25, 0.3) is 0 Å². The second-order valence-electron chi connectivity index (χ2n) is 9.91. The number of aryl methyl sites for hydroxylation is 2. The van der Waals surface area contributed by atoms with E-state index >= 15 is 0 Å². The molecule has 0 aromatic heterocycles. The minimum atomic E-state index is -0.445. The van der Waals surface area contributed by atoms with Crippen LogP contribution in [0.1, 0.15) is 42.9 Å². The van der Waals surface area contributed by atoms with Crippen molar-refractivity contribution in [2.75, 3.05) is 19.8 Å². The molecule has 0 saturated heterocycles. The molecule has 39 heavy (non-hydrogen) atoms. The summed E-state index contributed by atoms with van der Waals surface area (Å²) in [5, 5.41) is 11.4. The van der Waals surface area contributed by atoms with Crippen molar-refractivity contribution >= 4 is 16.7 Å². The fraction of sp³-hybridized carbons (Fsp3) is 0.286. The second kappa shape index (κ2) is 13.8. The van der Waals surface area contributed by atoms with Crippen LogP contribution in [0, 0.1) is 6.92 Å². The topological polar surface area (TPSA) is 55.8 Å². The van der Waals surface area contributed by atoms with Gasteiger partial charge in [-0.25, -0.2) is 4.79 Å². The molecule has 0 amide bonds. The highest BCUT2D eigenvalue weighted by Gasteiger charge is 2.11. The van der Waals surface area contributed by atoms with Crippen molar-refractivity contribution in [2.45, 2.75) is 46.0 Å². The van der Waals surface area contributed by atoms with Gasteiger partial charge in [-0.3, -0.25) is 0 Å². The van der Waals surface area contributed by atoms with Crippen molar-refractivity contribution in [1.82, 2.24) is 0 Å². The Balaban J connectivity index is 1.62. The monoisotopic (exact) mass is 522 g/mol. The molecule has 4 rings (SSSR count). The van der Waals surface area contributed by atoms with Crippen LogP contribution in [0.25, 0.3) is 33.0 Å². The molecule has 0 heterocycles. The zero-order valence-electron chi connectivity index (χ0n) is 23.0. The summed E-state index contributed by atoms with van der Waals surface area (Å²) in [7, 11) is 0. The molecule has 0 saturated carbocycles. The largest absolute Gasteiger partial charge is 0.489 e. The smallest absolute Gasteiger partial charge is 0.330 e. The highest BCUT2D eigenvalue weighted by atomic mass is 16.6. The van der Waals surface area contributed by atoms with Crippen molar-refractivity contribution in [3.8, 4) is 28.0 Å². The van der Waals surface area contributed by atoms with Crippen molar-refractivity contribution in [1.29, 1.82) is 0 Å². The minimum Gasteiger partial charge on any atom is -0.489 e. The maximum Gasteiger partial charge on any atom is 0.330 e. The van der Waals surface area contributed by atoms with Crippen molar-refractivity contribution in [2.24, 2.45) is 0 Å². The Morgan fingerprint density at radius 1 is 0.846 bits per heavy atom. The first-order valence-electron chi connectivity index (χ1n) is 13.8. The van der Waals surface area contributed by atoms with E-state index in [4.69, 9.17) is 9.47 Å². The van der Waals surface area contributed by atoms with Crippen LogP contribution in [0.15, 0.2) is 85.5 Å². The summed E-state index contributed by atoms with van der Waals surface area (Å²) >= 11 is 0. The number of unbranched alkanes of at least 4 members (excludes halogenated alkanes) is 2. The van der Waals surface area contributed by atoms with Gasteiger partial charge in [-0.2, -0.15) is 0 Å². The lowest BCUT2D eigenvalue weighted by Gasteiger charge is -2.14. The molecule has 0 spiro atoms. The Morgan fingerprint density at radius 3 is 2.31 bits per heavy atom. The van der Waals surface area contributed by atoms with E-state index in [2.05, 4.69) is 93.2 Å². The number of aliphatic hydroxyl groups excluding tert-OH is 1. The van der Waals surface area contributed by atoms with E-state index in [9.17, 15) is 9.90 Å². The zero-order valence-corrected chi connectivity index (χ0v) is 23.0. The average molecular weight is 523 g/mol. The summed E-state index contributed by atoms with van der Waals surface area (Å²) in [6.07, 6.45) is 6.37. The van der Waals surface area contributed by atoms with Crippen LogP contribution >= 0.6 is 0 Å². The van der Waals surface area contributed by atoms with Gasteiger partial charge in [0.2, 0.25) is 0 Å². The van der Waals surface area contributed by atoms with Gasteiger partial charge in [-0.1, -0.05) is 87.0 Å². The predicted octanol–water partition coefficient (Wildman–Crippen LogP) is 7.86. The normalized spacial score (nSPS) is 10.9. The first-order valence-corrected chi connectivity index (χ1v) is 13.8. The van der Waals surface area contributed by atoms with E-state index in [-0.39, 0.29) is 19.8 Å². The summed E-state index contributed by atoms with van der Waals surface area (Å²) in [6.45, 7) is 8.41. The Hall–Kier alpha value is -3.89.